The molecule has 4 aromatic heterocycles. The predicted octanol–water partition coefficient (Wildman–Crippen LogP) is 1.88. The van der Waals surface area contributed by atoms with E-state index >= 15 is 0 Å². The number of fused-ring (bicyclic) bond motifs is 2. The van der Waals surface area contributed by atoms with Gasteiger partial charge in [0.2, 0.25) is 5.95 Å². The molecule has 4 heterocycles. The Bertz CT molecular complexity index is 1480. The van der Waals surface area contributed by atoms with Crippen molar-refractivity contribution >= 4 is 21.8 Å². The van der Waals surface area contributed by atoms with Crippen LogP contribution < -0.4 is 15.9 Å². The number of benzene rings is 1. The summed E-state index contributed by atoms with van der Waals surface area (Å²) in [5, 5.41) is 7.15. The molecule has 0 atom stereocenters. The lowest BCUT2D eigenvalue weighted by Crippen LogP contribution is -2.22. The number of ether oxygens (including phenoxy) is 1. The van der Waals surface area contributed by atoms with Gasteiger partial charge in [0, 0.05) is 12.4 Å². The molecule has 0 aliphatic heterocycles. The number of nitrogens with one attached hydrogen (secondary N) is 1. The van der Waals surface area contributed by atoms with E-state index in [1.165, 1.54) is 10.9 Å². The van der Waals surface area contributed by atoms with Crippen molar-refractivity contribution in [3.05, 3.63) is 87.5 Å². The number of hydrogen-bond donors (Lipinski definition) is 1. The van der Waals surface area contributed by atoms with Crippen molar-refractivity contribution in [2.45, 2.75) is 6.54 Å². The van der Waals surface area contributed by atoms with Gasteiger partial charge in [0.15, 0.2) is 0 Å². The topological polar surface area (TPSA) is 108 Å². The van der Waals surface area contributed by atoms with Crippen LogP contribution in [0.2, 0.25) is 0 Å². The van der Waals surface area contributed by atoms with Gasteiger partial charge in [-0.15, -0.1) is 0 Å². The molecule has 148 valence electrons. The summed E-state index contributed by atoms with van der Waals surface area (Å²) in [5.74, 6) is 1.05. The van der Waals surface area contributed by atoms with Crippen molar-refractivity contribution in [3.8, 4) is 11.7 Å². The number of methoxy groups -OCH3 is 1. The molecule has 0 aliphatic rings. The highest BCUT2D eigenvalue weighted by molar-refractivity contribution is 5.91. The highest BCUT2D eigenvalue weighted by Gasteiger charge is 2.12. The Morgan fingerprint density at radius 3 is 2.40 bits per heavy atom. The zero-order valence-electron chi connectivity index (χ0n) is 15.9. The molecule has 5 rings (SSSR count). The largest absolute Gasteiger partial charge is 0.497 e. The summed E-state index contributed by atoms with van der Waals surface area (Å²) < 4.78 is 8.10. The second-order valence-electron chi connectivity index (χ2n) is 6.75. The molecule has 9 heteroatoms. The minimum absolute atomic E-state index is 0.216. The molecule has 0 radical (unpaired) electrons. The van der Waals surface area contributed by atoms with Gasteiger partial charge in [-0.3, -0.25) is 14.2 Å². The summed E-state index contributed by atoms with van der Waals surface area (Å²) in [5.41, 5.74) is 1.46. The molecule has 30 heavy (non-hydrogen) atoms. The zero-order chi connectivity index (χ0) is 20.7. The smallest absolute Gasteiger partial charge is 0.266 e. The van der Waals surface area contributed by atoms with Crippen LogP contribution in [0.4, 0.5) is 0 Å². The molecular formula is C21H16N6O3. The van der Waals surface area contributed by atoms with E-state index in [4.69, 9.17) is 4.74 Å². The number of hydrogen-bond acceptors (Lipinski definition) is 6. The Morgan fingerprint density at radius 1 is 0.967 bits per heavy atom. The van der Waals surface area contributed by atoms with E-state index < -0.39 is 0 Å². The van der Waals surface area contributed by atoms with Crippen molar-refractivity contribution < 1.29 is 4.74 Å². The van der Waals surface area contributed by atoms with Gasteiger partial charge in [-0.1, -0.05) is 12.1 Å². The van der Waals surface area contributed by atoms with Crippen LogP contribution in [-0.2, 0) is 6.54 Å². The summed E-state index contributed by atoms with van der Waals surface area (Å²) in [6.07, 6.45) is 4.61. The van der Waals surface area contributed by atoms with Crippen LogP contribution >= 0.6 is 0 Å². The van der Waals surface area contributed by atoms with E-state index in [-0.39, 0.29) is 11.1 Å². The first-order chi connectivity index (χ1) is 14.6. The SMILES string of the molecule is COc1ccc(Cn2ccc3nc4ccn(-c5ncn[nH]5)c(=O)c4cc3c2=O)cc1. The normalized spacial score (nSPS) is 11.2. The molecule has 0 saturated carbocycles. The van der Waals surface area contributed by atoms with Crippen LogP contribution in [0.15, 0.2) is 70.8 Å². The van der Waals surface area contributed by atoms with Crippen LogP contribution in [0.5, 0.6) is 5.75 Å². The number of rotatable bonds is 4. The van der Waals surface area contributed by atoms with Crippen molar-refractivity contribution in [1.82, 2.24) is 29.3 Å². The molecule has 0 amide bonds. The molecule has 0 saturated heterocycles. The highest BCUT2D eigenvalue weighted by atomic mass is 16.5. The van der Waals surface area contributed by atoms with E-state index in [9.17, 15) is 9.59 Å². The first kappa shape index (κ1) is 17.8. The van der Waals surface area contributed by atoms with Crippen LogP contribution in [0, 0.1) is 0 Å². The average molecular weight is 400 g/mol. The lowest BCUT2D eigenvalue weighted by Gasteiger charge is -2.09. The summed E-state index contributed by atoms with van der Waals surface area (Å²) in [6.45, 7) is 0.397. The monoisotopic (exact) mass is 400 g/mol. The van der Waals surface area contributed by atoms with Crippen LogP contribution in [0.3, 0.4) is 0 Å². The molecule has 9 nitrogen and oxygen atoms in total. The Labute approximate surface area is 169 Å². The van der Waals surface area contributed by atoms with Crippen molar-refractivity contribution in [2.75, 3.05) is 7.11 Å². The Balaban J connectivity index is 1.64. The van der Waals surface area contributed by atoms with Gasteiger partial charge < -0.3 is 9.30 Å². The van der Waals surface area contributed by atoms with E-state index in [0.717, 1.165) is 11.3 Å². The second kappa shape index (κ2) is 6.96. The molecule has 1 aromatic carbocycles. The molecule has 0 spiro atoms. The van der Waals surface area contributed by atoms with Gasteiger partial charge in [0.05, 0.1) is 35.5 Å². The standard InChI is InChI=1S/C21H16N6O3/c1-30-14-4-2-13(3-5-14)11-26-8-6-17-15(19(26)28)10-16-18(24-17)7-9-27(20(16)29)21-22-12-23-25-21/h2-10,12H,11H2,1H3,(H,22,23,25). The van der Waals surface area contributed by atoms with Gasteiger partial charge in [-0.25, -0.2) is 10.1 Å². The first-order valence-corrected chi connectivity index (χ1v) is 9.18. The minimum atomic E-state index is -0.330. The van der Waals surface area contributed by atoms with Gasteiger partial charge in [0.25, 0.3) is 11.1 Å². The van der Waals surface area contributed by atoms with E-state index in [0.29, 0.717) is 34.3 Å². The molecular weight excluding hydrogens is 384 g/mol. The van der Waals surface area contributed by atoms with E-state index in [2.05, 4.69) is 20.2 Å². The number of pyridine rings is 3. The third kappa shape index (κ3) is 2.93. The van der Waals surface area contributed by atoms with Crippen LogP contribution in [0.1, 0.15) is 5.56 Å². The first-order valence-electron chi connectivity index (χ1n) is 9.18. The number of nitrogens with zero attached hydrogens (tertiary/aromatic N) is 5. The number of aromatic amines is 1. The van der Waals surface area contributed by atoms with Crippen LogP contribution in [-0.4, -0.2) is 36.4 Å². The molecule has 0 unspecified atom stereocenters. The fraction of sp³-hybridized carbons (Fsp3) is 0.0952. The third-order valence-corrected chi connectivity index (χ3v) is 4.96. The van der Waals surface area contributed by atoms with Crippen LogP contribution in [0.25, 0.3) is 27.8 Å². The molecule has 5 aromatic rings. The maximum atomic E-state index is 13.1. The molecule has 0 bridgehead atoms. The summed E-state index contributed by atoms with van der Waals surface area (Å²) >= 11 is 0. The van der Waals surface area contributed by atoms with Gasteiger partial charge in [-0.05, 0) is 35.9 Å². The summed E-state index contributed by atoms with van der Waals surface area (Å²) in [6, 6.07) is 12.6. The fourth-order valence-electron chi connectivity index (χ4n) is 3.40. The quantitative estimate of drug-likeness (QED) is 0.462. The fourth-order valence-corrected chi connectivity index (χ4v) is 3.40. The lowest BCUT2D eigenvalue weighted by molar-refractivity contribution is 0.414. The minimum Gasteiger partial charge on any atom is -0.497 e. The van der Waals surface area contributed by atoms with Gasteiger partial charge in [-0.2, -0.15) is 10.1 Å². The maximum absolute atomic E-state index is 13.1. The Hall–Kier alpha value is -4.27. The highest BCUT2D eigenvalue weighted by Crippen LogP contribution is 2.16. The van der Waals surface area contributed by atoms with Gasteiger partial charge >= 0.3 is 0 Å². The molecule has 1 N–H and O–H groups in total. The lowest BCUT2D eigenvalue weighted by atomic mass is 10.1. The van der Waals surface area contributed by atoms with Crippen molar-refractivity contribution in [2.24, 2.45) is 0 Å². The van der Waals surface area contributed by atoms with E-state index in [1.54, 1.807) is 42.3 Å². The zero-order valence-corrected chi connectivity index (χ0v) is 15.9. The van der Waals surface area contributed by atoms with Crippen molar-refractivity contribution in [3.63, 3.8) is 0 Å². The Kier molecular flexibility index (Phi) is 4.13. The number of aromatic nitrogens is 6. The average Bonchev–Trinajstić information content (AvgIpc) is 3.30. The molecule has 0 aliphatic carbocycles. The predicted molar refractivity (Wildman–Crippen MR) is 111 cm³/mol. The summed E-state index contributed by atoms with van der Waals surface area (Å²) in [7, 11) is 1.61. The summed E-state index contributed by atoms with van der Waals surface area (Å²) in [4.78, 5) is 34.5. The maximum Gasteiger partial charge on any atom is 0.266 e. The van der Waals surface area contributed by atoms with E-state index in [1.807, 2.05) is 24.3 Å². The Morgan fingerprint density at radius 2 is 1.70 bits per heavy atom. The van der Waals surface area contributed by atoms with Gasteiger partial charge in [0.1, 0.15) is 12.1 Å². The number of H-pyrrole nitrogens is 1. The van der Waals surface area contributed by atoms with Crippen molar-refractivity contribution in [1.29, 1.82) is 0 Å². The third-order valence-electron chi connectivity index (χ3n) is 4.96. The second-order valence-corrected chi connectivity index (χ2v) is 6.75. The molecule has 0 fully saturated rings.